The molecular weight excluding hydrogens is 382 g/mol. The molecule has 0 aliphatic carbocycles. The summed E-state index contributed by atoms with van der Waals surface area (Å²) in [7, 11) is 0. The molecule has 4 rings (SSSR count). The molecule has 0 bridgehead atoms. The van der Waals surface area contributed by atoms with Crippen molar-refractivity contribution in [1.29, 1.82) is 0 Å². The van der Waals surface area contributed by atoms with Crippen LogP contribution in [0.15, 0.2) is 18.5 Å². The Morgan fingerprint density at radius 1 is 1.23 bits per heavy atom. The predicted octanol–water partition coefficient (Wildman–Crippen LogP) is 3.15. The van der Waals surface area contributed by atoms with Crippen molar-refractivity contribution in [2.75, 3.05) is 44.3 Å². The minimum Gasteiger partial charge on any atom is -0.444 e. The molecule has 30 heavy (non-hydrogen) atoms. The monoisotopic (exact) mass is 413 g/mol. The molecule has 4 heterocycles. The lowest BCUT2D eigenvalue weighted by Crippen LogP contribution is -2.39. The van der Waals surface area contributed by atoms with Gasteiger partial charge in [-0.1, -0.05) is 13.0 Å². The normalized spacial score (nSPS) is 17.9. The molecule has 0 spiro atoms. The van der Waals surface area contributed by atoms with E-state index in [4.69, 9.17) is 19.4 Å². The van der Waals surface area contributed by atoms with Crippen molar-refractivity contribution in [2.45, 2.75) is 46.1 Å². The first kappa shape index (κ1) is 20.7. The van der Waals surface area contributed by atoms with Gasteiger partial charge >= 0.3 is 6.09 Å². The summed E-state index contributed by atoms with van der Waals surface area (Å²) in [6.45, 7) is 12.0. The number of rotatable bonds is 3. The van der Waals surface area contributed by atoms with Crippen LogP contribution < -0.4 is 4.90 Å². The number of nitrogens with zero attached hydrogens (tertiary/aromatic N) is 5. The van der Waals surface area contributed by atoms with Crippen LogP contribution in [0.25, 0.3) is 11.2 Å². The average molecular weight is 414 g/mol. The Morgan fingerprint density at radius 3 is 2.63 bits per heavy atom. The van der Waals surface area contributed by atoms with Crippen LogP contribution in [0.5, 0.6) is 0 Å². The smallest absolute Gasteiger partial charge is 0.410 e. The van der Waals surface area contributed by atoms with Crippen molar-refractivity contribution >= 4 is 23.1 Å². The van der Waals surface area contributed by atoms with Crippen LogP contribution in [0.2, 0.25) is 0 Å². The van der Waals surface area contributed by atoms with Gasteiger partial charge in [-0.25, -0.2) is 14.8 Å². The van der Waals surface area contributed by atoms with Gasteiger partial charge in [0.2, 0.25) is 0 Å². The Kier molecular flexibility index (Phi) is 5.69. The molecule has 2 aromatic heterocycles. The van der Waals surface area contributed by atoms with Crippen LogP contribution in [0.4, 0.5) is 10.6 Å². The number of fused-ring (bicyclic) bond motifs is 1. The molecule has 1 fully saturated rings. The van der Waals surface area contributed by atoms with Gasteiger partial charge in [0.1, 0.15) is 5.60 Å². The highest BCUT2D eigenvalue weighted by Crippen LogP contribution is 2.28. The zero-order valence-electron chi connectivity index (χ0n) is 18.3. The van der Waals surface area contributed by atoms with Gasteiger partial charge in [-0.05, 0) is 39.2 Å². The lowest BCUT2D eigenvalue weighted by Gasteiger charge is -2.30. The molecule has 0 atom stereocenters. The average Bonchev–Trinajstić information content (AvgIpc) is 3.17. The zero-order chi connectivity index (χ0) is 21.3. The molecule has 0 radical (unpaired) electrons. The van der Waals surface area contributed by atoms with E-state index in [0.29, 0.717) is 26.3 Å². The summed E-state index contributed by atoms with van der Waals surface area (Å²) in [4.78, 5) is 26.0. The summed E-state index contributed by atoms with van der Waals surface area (Å²) in [6, 6.07) is 0. The minimum atomic E-state index is -0.486. The summed E-state index contributed by atoms with van der Waals surface area (Å²) in [6.07, 6.45) is 7.51. The van der Waals surface area contributed by atoms with Crippen LogP contribution in [0.1, 0.15) is 45.5 Å². The SMILES string of the molecule is CCc1cn2c(C3=CCN(C(=O)OC(C)(C)C)CC3)cnc(N3CCOCC3)c2n1. The zero-order valence-corrected chi connectivity index (χ0v) is 18.3. The lowest BCUT2D eigenvalue weighted by molar-refractivity contribution is 0.0270. The van der Waals surface area contributed by atoms with Crippen molar-refractivity contribution in [3.05, 3.63) is 29.9 Å². The van der Waals surface area contributed by atoms with E-state index in [0.717, 1.165) is 48.8 Å². The van der Waals surface area contributed by atoms with E-state index in [9.17, 15) is 4.79 Å². The molecule has 8 nitrogen and oxygen atoms in total. The minimum absolute atomic E-state index is 0.264. The highest BCUT2D eigenvalue weighted by Gasteiger charge is 2.25. The number of ether oxygens (including phenoxy) is 2. The molecule has 1 amide bonds. The summed E-state index contributed by atoms with van der Waals surface area (Å²) in [5.41, 5.74) is 3.67. The van der Waals surface area contributed by atoms with E-state index < -0.39 is 5.60 Å². The van der Waals surface area contributed by atoms with Crippen molar-refractivity contribution in [2.24, 2.45) is 0 Å². The van der Waals surface area contributed by atoms with Crippen molar-refractivity contribution < 1.29 is 14.3 Å². The van der Waals surface area contributed by atoms with Crippen molar-refractivity contribution in [3.63, 3.8) is 0 Å². The highest BCUT2D eigenvalue weighted by molar-refractivity contribution is 5.74. The van der Waals surface area contributed by atoms with Gasteiger partial charge in [-0.2, -0.15) is 0 Å². The number of aromatic nitrogens is 3. The maximum absolute atomic E-state index is 12.4. The predicted molar refractivity (Wildman–Crippen MR) is 116 cm³/mol. The van der Waals surface area contributed by atoms with Gasteiger partial charge in [0.25, 0.3) is 0 Å². The summed E-state index contributed by atoms with van der Waals surface area (Å²) in [5, 5.41) is 0. The van der Waals surface area contributed by atoms with Crippen LogP contribution in [-0.4, -0.2) is 70.4 Å². The summed E-state index contributed by atoms with van der Waals surface area (Å²) < 4.78 is 13.2. The van der Waals surface area contributed by atoms with Crippen LogP contribution in [0, 0.1) is 0 Å². The number of imidazole rings is 1. The number of hydrogen-bond acceptors (Lipinski definition) is 6. The quantitative estimate of drug-likeness (QED) is 0.770. The molecule has 1 saturated heterocycles. The number of aryl methyl sites for hydroxylation is 1. The topological polar surface area (TPSA) is 72.2 Å². The molecule has 0 N–H and O–H groups in total. The molecule has 0 saturated carbocycles. The fraction of sp³-hybridized carbons (Fsp3) is 0.591. The lowest BCUT2D eigenvalue weighted by atomic mass is 10.1. The first-order chi connectivity index (χ1) is 14.4. The number of carbonyl (C=O) groups is 1. The van der Waals surface area contributed by atoms with Crippen molar-refractivity contribution in [1.82, 2.24) is 19.3 Å². The second-order valence-corrected chi connectivity index (χ2v) is 8.75. The Bertz CT molecular complexity index is 954. The maximum atomic E-state index is 12.4. The molecular formula is C22H31N5O3. The van der Waals surface area contributed by atoms with Gasteiger partial charge in [0.15, 0.2) is 11.5 Å². The van der Waals surface area contributed by atoms with E-state index >= 15 is 0 Å². The Morgan fingerprint density at radius 2 is 2.00 bits per heavy atom. The Labute approximate surface area is 177 Å². The van der Waals surface area contributed by atoms with E-state index in [2.05, 4.69) is 28.5 Å². The maximum Gasteiger partial charge on any atom is 0.410 e. The Balaban J connectivity index is 1.62. The standard InChI is InChI=1S/C22H31N5O3/c1-5-17-15-27-18(14-23-19(20(27)24-17)25-10-12-29-13-11-25)16-6-8-26(9-7-16)21(28)30-22(2,3)4/h6,14-15H,5,7-13H2,1-4H3. The fourth-order valence-electron chi connectivity index (χ4n) is 3.81. The number of morpholine rings is 1. The third-order valence-electron chi connectivity index (χ3n) is 5.39. The van der Waals surface area contributed by atoms with Gasteiger partial charge < -0.3 is 19.3 Å². The van der Waals surface area contributed by atoms with Gasteiger partial charge in [0.05, 0.1) is 30.8 Å². The number of hydrogen-bond donors (Lipinski definition) is 0. The number of amides is 1. The first-order valence-electron chi connectivity index (χ1n) is 10.7. The second kappa shape index (κ2) is 8.26. The number of anilines is 1. The van der Waals surface area contributed by atoms with E-state index in [1.54, 1.807) is 4.90 Å². The molecule has 8 heteroatoms. The fourth-order valence-corrected chi connectivity index (χ4v) is 3.81. The summed E-state index contributed by atoms with van der Waals surface area (Å²) >= 11 is 0. The van der Waals surface area contributed by atoms with Crippen LogP contribution in [0.3, 0.4) is 0 Å². The summed E-state index contributed by atoms with van der Waals surface area (Å²) in [5.74, 6) is 0.911. The Hall–Kier alpha value is -2.61. The molecule has 2 aliphatic rings. The van der Waals surface area contributed by atoms with E-state index in [-0.39, 0.29) is 6.09 Å². The van der Waals surface area contributed by atoms with Crippen LogP contribution in [-0.2, 0) is 15.9 Å². The highest BCUT2D eigenvalue weighted by atomic mass is 16.6. The molecule has 0 unspecified atom stereocenters. The third-order valence-corrected chi connectivity index (χ3v) is 5.39. The van der Waals surface area contributed by atoms with E-state index in [1.807, 2.05) is 27.0 Å². The van der Waals surface area contributed by atoms with Crippen LogP contribution >= 0.6 is 0 Å². The largest absolute Gasteiger partial charge is 0.444 e. The molecule has 2 aliphatic heterocycles. The molecule has 2 aromatic rings. The first-order valence-corrected chi connectivity index (χ1v) is 10.7. The van der Waals surface area contributed by atoms with Gasteiger partial charge in [0, 0.05) is 32.4 Å². The van der Waals surface area contributed by atoms with Gasteiger partial charge in [-0.3, -0.25) is 4.40 Å². The van der Waals surface area contributed by atoms with Crippen molar-refractivity contribution in [3.8, 4) is 0 Å². The molecule has 0 aromatic carbocycles. The second-order valence-electron chi connectivity index (χ2n) is 8.75. The third kappa shape index (κ3) is 4.28. The van der Waals surface area contributed by atoms with Gasteiger partial charge in [-0.15, -0.1) is 0 Å². The number of carbonyl (C=O) groups excluding carboxylic acids is 1. The molecule has 162 valence electrons. The van der Waals surface area contributed by atoms with E-state index in [1.165, 1.54) is 5.57 Å².